The van der Waals surface area contributed by atoms with Crippen molar-refractivity contribution in [2.24, 2.45) is 0 Å². The lowest BCUT2D eigenvalue weighted by Gasteiger charge is -2.36. The molecule has 28 heavy (non-hydrogen) atoms. The Hall–Kier alpha value is -2.79. The SMILES string of the molecule is COc1ccc(/C=C2\CCCC3=C2NC(=S)N[C@@H]3c2ccc(OC)cc2)cc1. The molecule has 0 saturated carbocycles. The number of allylic oxidation sites excluding steroid dienone is 1. The maximum atomic E-state index is 5.53. The molecule has 2 aliphatic rings. The van der Waals surface area contributed by atoms with Crippen LogP contribution in [0.4, 0.5) is 0 Å². The van der Waals surface area contributed by atoms with Crippen LogP contribution in [0.5, 0.6) is 11.5 Å². The minimum absolute atomic E-state index is 0.0919. The summed E-state index contributed by atoms with van der Waals surface area (Å²) >= 11 is 5.53. The second-order valence-electron chi connectivity index (χ2n) is 7.00. The second kappa shape index (κ2) is 8.07. The summed E-state index contributed by atoms with van der Waals surface area (Å²) < 4.78 is 10.6. The molecule has 0 bridgehead atoms. The minimum atomic E-state index is 0.0919. The van der Waals surface area contributed by atoms with E-state index in [1.807, 2.05) is 24.3 Å². The molecule has 0 saturated heterocycles. The predicted octanol–water partition coefficient (Wildman–Crippen LogP) is 4.74. The number of ether oxygens (including phenoxy) is 2. The Labute approximate surface area is 171 Å². The Morgan fingerprint density at radius 1 is 0.929 bits per heavy atom. The molecule has 1 atom stereocenters. The summed E-state index contributed by atoms with van der Waals surface area (Å²) in [5, 5.41) is 7.53. The lowest BCUT2D eigenvalue weighted by atomic mass is 9.83. The summed E-state index contributed by atoms with van der Waals surface area (Å²) in [6.07, 6.45) is 5.47. The van der Waals surface area contributed by atoms with E-state index < -0.39 is 0 Å². The fourth-order valence-electron chi connectivity index (χ4n) is 3.87. The largest absolute Gasteiger partial charge is 0.497 e. The van der Waals surface area contributed by atoms with Gasteiger partial charge in [-0.2, -0.15) is 0 Å². The number of hydrogen-bond donors (Lipinski definition) is 2. The van der Waals surface area contributed by atoms with Gasteiger partial charge in [0.1, 0.15) is 11.5 Å². The molecule has 1 aliphatic heterocycles. The van der Waals surface area contributed by atoms with Crippen molar-refractivity contribution in [2.75, 3.05) is 14.2 Å². The van der Waals surface area contributed by atoms with Gasteiger partial charge >= 0.3 is 0 Å². The van der Waals surface area contributed by atoms with E-state index in [1.54, 1.807) is 14.2 Å². The van der Waals surface area contributed by atoms with E-state index >= 15 is 0 Å². The van der Waals surface area contributed by atoms with Crippen molar-refractivity contribution >= 4 is 23.4 Å². The van der Waals surface area contributed by atoms with E-state index in [4.69, 9.17) is 21.7 Å². The minimum Gasteiger partial charge on any atom is -0.497 e. The van der Waals surface area contributed by atoms with Gasteiger partial charge in [0.05, 0.1) is 20.3 Å². The normalized spacial score (nSPS) is 20.3. The van der Waals surface area contributed by atoms with E-state index in [0.717, 1.165) is 36.3 Å². The summed E-state index contributed by atoms with van der Waals surface area (Å²) in [5.41, 5.74) is 6.20. The number of thiocarbonyl (C=S) groups is 1. The van der Waals surface area contributed by atoms with Gasteiger partial charge in [0.15, 0.2) is 5.11 Å². The monoisotopic (exact) mass is 392 g/mol. The van der Waals surface area contributed by atoms with E-state index in [-0.39, 0.29) is 6.04 Å². The van der Waals surface area contributed by atoms with Crippen molar-refractivity contribution in [2.45, 2.75) is 25.3 Å². The number of methoxy groups -OCH3 is 2. The van der Waals surface area contributed by atoms with Crippen LogP contribution in [-0.4, -0.2) is 19.3 Å². The topological polar surface area (TPSA) is 42.5 Å². The first kappa shape index (κ1) is 18.6. The summed E-state index contributed by atoms with van der Waals surface area (Å²) in [4.78, 5) is 0. The average molecular weight is 393 g/mol. The lowest BCUT2D eigenvalue weighted by molar-refractivity contribution is 0.414. The number of rotatable bonds is 4. The van der Waals surface area contributed by atoms with Gasteiger partial charge in [-0.25, -0.2) is 0 Å². The van der Waals surface area contributed by atoms with Crippen molar-refractivity contribution in [3.63, 3.8) is 0 Å². The van der Waals surface area contributed by atoms with Gasteiger partial charge in [-0.05, 0) is 84.1 Å². The molecule has 0 fully saturated rings. The highest BCUT2D eigenvalue weighted by Crippen LogP contribution is 2.39. The van der Waals surface area contributed by atoms with Crippen molar-refractivity contribution in [3.8, 4) is 11.5 Å². The third-order valence-electron chi connectivity index (χ3n) is 5.30. The van der Waals surface area contributed by atoms with Gasteiger partial charge in [-0.1, -0.05) is 24.3 Å². The Bertz CT molecular complexity index is 930. The fourth-order valence-corrected chi connectivity index (χ4v) is 4.09. The van der Waals surface area contributed by atoms with Crippen molar-refractivity contribution < 1.29 is 9.47 Å². The molecule has 2 aromatic rings. The van der Waals surface area contributed by atoms with E-state index in [2.05, 4.69) is 41.0 Å². The molecule has 2 N–H and O–H groups in total. The molecule has 5 heteroatoms. The smallest absolute Gasteiger partial charge is 0.171 e. The zero-order valence-electron chi connectivity index (χ0n) is 16.1. The molecule has 4 rings (SSSR count). The van der Waals surface area contributed by atoms with Gasteiger partial charge in [0.2, 0.25) is 0 Å². The first-order valence-corrected chi connectivity index (χ1v) is 9.88. The Balaban J connectivity index is 1.70. The molecule has 0 radical (unpaired) electrons. The Morgan fingerprint density at radius 2 is 1.57 bits per heavy atom. The van der Waals surface area contributed by atoms with Crippen LogP contribution in [0.1, 0.15) is 36.4 Å². The first-order valence-electron chi connectivity index (χ1n) is 9.47. The Kier molecular flexibility index (Phi) is 5.35. The molecule has 1 aliphatic carbocycles. The van der Waals surface area contributed by atoms with Crippen LogP contribution in [0.25, 0.3) is 6.08 Å². The molecule has 0 aromatic heterocycles. The highest BCUT2D eigenvalue weighted by molar-refractivity contribution is 7.80. The summed E-state index contributed by atoms with van der Waals surface area (Å²) in [6, 6.07) is 16.5. The van der Waals surface area contributed by atoms with Crippen LogP contribution < -0.4 is 20.1 Å². The average Bonchev–Trinajstić information content (AvgIpc) is 2.74. The van der Waals surface area contributed by atoms with Crippen molar-refractivity contribution in [1.29, 1.82) is 0 Å². The number of nitrogens with one attached hydrogen (secondary N) is 2. The van der Waals surface area contributed by atoms with Gasteiger partial charge in [0, 0.05) is 5.70 Å². The number of hydrogen-bond acceptors (Lipinski definition) is 3. The molecule has 4 nitrogen and oxygen atoms in total. The fraction of sp³-hybridized carbons (Fsp3) is 0.261. The standard InChI is InChI=1S/C23H24N2O2S/c1-26-18-10-6-15(7-11-18)14-17-4-3-5-20-21(24-23(28)25-22(17)20)16-8-12-19(27-2)13-9-16/h6-14,21H,3-5H2,1-2H3,(H2,24,25,28)/b17-14+/t21-/m1/s1. The molecule has 0 spiro atoms. The van der Waals surface area contributed by atoms with Crippen molar-refractivity contribution in [3.05, 3.63) is 76.5 Å². The maximum absolute atomic E-state index is 5.53. The van der Waals surface area contributed by atoms with E-state index in [9.17, 15) is 0 Å². The van der Waals surface area contributed by atoms with E-state index in [1.165, 1.54) is 22.4 Å². The first-order chi connectivity index (χ1) is 13.7. The van der Waals surface area contributed by atoms with Gasteiger partial charge in [-0.3, -0.25) is 0 Å². The van der Waals surface area contributed by atoms with E-state index in [0.29, 0.717) is 5.11 Å². The quantitative estimate of drug-likeness (QED) is 0.736. The summed E-state index contributed by atoms with van der Waals surface area (Å²) in [7, 11) is 3.37. The number of benzene rings is 2. The Morgan fingerprint density at radius 3 is 2.21 bits per heavy atom. The predicted molar refractivity (Wildman–Crippen MR) is 116 cm³/mol. The van der Waals surface area contributed by atoms with Gasteiger partial charge in [0.25, 0.3) is 0 Å². The zero-order valence-corrected chi connectivity index (χ0v) is 16.9. The van der Waals surface area contributed by atoms with Gasteiger partial charge < -0.3 is 20.1 Å². The van der Waals surface area contributed by atoms with Crippen LogP contribution in [0.3, 0.4) is 0 Å². The highest BCUT2D eigenvalue weighted by Gasteiger charge is 2.30. The highest BCUT2D eigenvalue weighted by atomic mass is 32.1. The van der Waals surface area contributed by atoms with Crippen LogP contribution in [-0.2, 0) is 0 Å². The van der Waals surface area contributed by atoms with Crippen LogP contribution in [0, 0.1) is 0 Å². The molecule has 2 aromatic carbocycles. The molecular formula is C23H24N2O2S. The zero-order chi connectivity index (χ0) is 19.5. The summed E-state index contributed by atoms with van der Waals surface area (Å²) in [5.74, 6) is 1.73. The molecule has 0 unspecified atom stereocenters. The molecule has 1 heterocycles. The van der Waals surface area contributed by atoms with Crippen molar-refractivity contribution in [1.82, 2.24) is 10.6 Å². The third kappa shape index (κ3) is 3.76. The molecule has 0 amide bonds. The van der Waals surface area contributed by atoms with Crippen LogP contribution in [0.15, 0.2) is 65.4 Å². The van der Waals surface area contributed by atoms with Crippen LogP contribution >= 0.6 is 12.2 Å². The molecule has 144 valence electrons. The molecular weight excluding hydrogens is 368 g/mol. The summed E-state index contributed by atoms with van der Waals surface area (Å²) in [6.45, 7) is 0. The lowest BCUT2D eigenvalue weighted by Crippen LogP contribution is -2.45. The maximum Gasteiger partial charge on any atom is 0.171 e. The second-order valence-corrected chi connectivity index (χ2v) is 7.41. The van der Waals surface area contributed by atoms with Crippen LogP contribution in [0.2, 0.25) is 0 Å². The third-order valence-corrected chi connectivity index (χ3v) is 5.52. The van der Waals surface area contributed by atoms with Gasteiger partial charge in [-0.15, -0.1) is 0 Å².